The van der Waals surface area contributed by atoms with Crippen LogP contribution in [0.15, 0.2) is 18.2 Å². The molecule has 102 valence electrons. The van der Waals surface area contributed by atoms with Gasteiger partial charge in [-0.15, -0.1) is 11.3 Å². The first kappa shape index (κ1) is 13.6. The molecular weight excluding hydrogens is 277 g/mol. The van der Waals surface area contributed by atoms with Crippen LogP contribution in [0.4, 0.5) is 0 Å². The molecule has 1 aromatic heterocycles. The monoisotopic (exact) mass is 289 g/mol. The SMILES string of the molecule is CC1(c2cc(C#N)c3sc(B(O)O)cc3c2)OCCO1. The molecule has 20 heavy (non-hydrogen) atoms. The lowest BCUT2D eigenvalue weighted by molar-refractivity contribution is -0.149. The summed E-state index contributed by atoms with van der Waals surface area (Å²) in [6, 6.07) is 7.41. The van der Waals surface area contributed by atoms with Crippen LogP contribution in [0.5, 0.6) is 0 Å². The third kappa shape index (κ3) is 2.12. The molecule has 1 fully saturated rings. The third-order valence-corrected chi connectivity index (χ3v) is 4.60. The quantitative estimate of drug-likeness (QED) is 0.794. The molecule has 7 heteroatoms. The molecule has 1 aliphatic heterocycles. The zero-order valence-corrected chi connectivity index (χ0v) is 11.6. The highest BCUT2D eigenvalue weighted by Gasteiger charge is 2.34. The van der Waals surface area contributed by atoms with Gasteiger partial charge in [0.15, 0.2) is 5.79 Å². The van der Waals surface area contributed by atoms with Crippen molar-refractivity contribution in [3.8, 4) is 6.07 Å². The average Bonchev–Trinajstić information content (AvgIpc) is 3.04. The van der Waals surface area contributed by atoms with E-state index in [1.54, 1.807) is 12.1 Å². The van der Waals surface area contributed by atoms with Crippen molar-refractivity contribution in [3.05, 3.63) is 29.3 Å². The van der Waals surface area contributed by atoms with Crippen molar-refractivity contribution < 1.29 is 19.5 Å². The fourth-order valence-corrected chi connectivity index (χ4v) is 3.30. The Kier molecular flexibility index (Phi) is 3.28. The standard InChI is InChI=1S/C13H12BNO4S/c1-13(18-2-3-19-13)10-4-8-6-11(14(16)17)20-12(8)9(5-10)7-15/h4-6,16-17H,2-3H2,1H3. The Hall–Kier alpha value is -1.43. The first-order chi connectivity index (χ1) is 9.53. The van der Waals surface area contributed by atoms with Crippen LogP contribution in [-0.4, -0.2) is 30.4 Å². The smallest absolute Gasteiger partial charge is 0.423 e. The molecule has 0 unspecified atom stereocenters. The van der Waals surface area contributed by atoms with Gasteiger partial charge in [-0.1, -0.05) is 0 Å². The number of rotatable bonds is 2. The van der Waals surface area contributed by atoms with E-state index in [0.717, 1.165) is 15.6 Å². The molecule has 0 radical (unpaired) electrons. The number of benzene rings is 1. The number of fused-ring (bicyclic) bond motifs is 1. The van der Waals surface area contributed by atoms with E-state index in [0.29, 0.717) is 23.6 Å². The summed E-state index contributed by atoms with van der Waals surface area (Å²) in [7, 11) is -1.53. The van der Waals surface area contributed by atoms with Crippen molar-refractivity contribution in [2.75, 3.05) is 13.2 Å². The second kappa shape index (κ2) is 4.84. The molecule has 1 aliphatic rings. The maximum Gasteiger partial charge on any atom is 0.499 e. The second-order valence-electron chi connectivity index (χ2n) is 4.72. The van der Waals surface area contributed by atoms with Crippen molar-refractivity contribution in [1.82, 2.24) is 0 Å². The number of hydrogen-bond donors (Lipinski definition) is 2. The highest BCUT2D eigenvalue weighted by atomic mass is 32.1. The van der Waals surface area contributed by atoms with E-state index < -0.39 is 12.9 Å². The topological polar surface area (TPSA) is 82.7 Å². The molecule has 2 aromatic rings. The lowest BCUT2D eigenvalue weighted by atomic mass is 9.89. The summed E-state index contributed by atoms with van der Waals surface area (Å²) in [4.78, 5) is 0. The van der Waals surface area contributed by atoms with Gasteiger partial charge in [0.1, 0.15) is 6.07 Å². The lowest BCUT2D eigenvalue weighted by Crippen LogP contribution is -2.26. The number of nitrogens with zero attached hydrogens (tertiary/aromatic N) is 1. The highest BCUT2D eigenvalue weighted by molar-refractivity contribution is 7.28. The van der Waals surface area contributed by atoms with Gasteiger partial charge in [-0.25, -0.2) is 0 Å². The van der Waals surface area contributed by atoms with E-state index in [4.69, 9.17) is 9.47 Å². The van der Waals surface area contributed by atoms with Crippen LogP contribution in [-0.2, 0) is 15.3 Å². The highest BCUT2D eigenvalue weighted by Crippen LogP contribution is 2.35. The number of nitriles is 1. The normalized spacial score (nSPS) is 17.3. The molecule has 0 bridgehead atoms. The van der Waals surface area contributed by atoms with E-state index in [9.17, 15) is 15.3 Å². The van der Waals surface area contributed by atoms with Crippen molar-refractivity contribution in [2.45, 2.75) is 12.7 Å². The molecular formula is C13H12BNO4S. The van der Waals surface area contributed by atoms with E-state index in [1.807, 2.05) is 13.0 Å². The first-order valence-electron chi connectivity index (χ1n) is 6.15. The van der Waals surface area contributed by atoms with Crippen LogP contribution in [0.2, 0.25) is 0 Å². The molecule has 0 spiro atoms. The van der Waals surface area contributed by atoms with Gasteiger partial charge in [0, 0.05) is 10.3 Å². The minimum atomic E-state index is -1.53. The maximum absolute atomic E-state index is 9.28. The molecule has 0 saturated carbocycles. The van der Waals surface area contributed by atoms with Gasteiger partial charge in [0.25, 0.3) is 0 Å². The van der Waals surface area contributed by atoms with E-state index >= 15 is 0 Å². The summed E-state index contributed by atoms with van der Waals surface area (Å²) in [6.07, 6.45) is 0. The van der Waals surface area contributed by atoms with Crippen LogP contribution < -0.4 is 4.78 Å². The zero-order valence-electron chi connectivity index (χ0n) is 10.8. The molecule has 5 nitrogen and oxygen atoms in total. The van der Waals surface area contributed by atoms with Gasteiger partial charge in [-0.05, 0) is 30.5 Å². The lowest BCUT2D eigenvalue weighted by Gasteiger charge is -2.23. The zero-order chi connectivity index (χ0) is 14.3. The average molecular weight is 289 g/mol. The molecule has 2 heterocycles. The van der Waals surface area contributed by atoms with Crippen LogP contribution in [0.3, 0.4) is 0 Å². The second-order valence-corrected chi connectivity index (χ2v) is 5.80. The summed E-state index contributed by atoms with van der Waals surface area (Å²) >= 11 is 1.20. The van der Waals surface area contributed by atoms with Gasteiger partial charge < -0.3 is 19.5 Å². The minimum Gasteiger partial charge on any atom is -0.423 e. The van der Waals surface area contributed by atoms with Gasteiger partial charge in [0.05, 0.1) is 23.5 Å². The van der Waals surface area contributed by atoms with E-state index in [1.165, 1.54) is 11.3 Å². The Bertz CT molecular complexity index is 700. The Morgan fingerprint density at radius 1 is 1.30 bits per heavy atom. The fourth-order valence-electron chi connectivity index (χ4n) is 2.33. The summed E-state index contributed by atoms with van der Waals surface area (Å²) in [5, 5.41) is 28.6. The summed E-state index contributed by atoms with van der Waals surface area (Å²) in [6.45, 7) is 2.85. The molecule has 3 rings (SSSR count). The van der Waals surface area contributed by atoms with Crippen LogP contribution in [0.25, 0.3) is 10.1 Å². The van der Waals surface area contributed by atoms with Gasteiger partial charge in [0.2, 0.25) is 0 Å². The van der Waals surface area contributed by atoms with Crippen molar-refractivity contribution >= 4 is 33.3 Å². The summed E-state index contributed by atoms with van der Waals surface area (Å²) in [5.41, 5.74) is 1.24. The fraction of sp³-hybridized carbons (Fsp3) is 0.308. The maximum atomic E-state index is 9.28. The van der Waals surface area contributed by atoms with Crippen molar-refractivity contribution in [2.24, 2.45) is 0 Å². The molecule has 2 N–H and O–H groups in total. The largest absolute Gasteiger partial charge is 0.499 e. The first-order valence-corrected chi connectivity index (χ1v) is 6.97. The molecule has 1 aromatic carbocycles. The van der Waals surface area contributed by atoms with Gasteiger partial charge in [-0.2, -0.15) is 5.26 Å². The molecule has 0 aliphatic carbocycles. The minimum absolute atomic E-state index is 0.409. The van der Waals surface area contributed by atoms with E-state index in [2.05, 4.69) is 6.07 Å². The number of thiophene rings is 1. The Morgan fingerprint density at radius 3 is 2.60 bits per heavy atom. The van der Waals surface area contributed by atoms with Crippen molar-refractivity contribution in [1.29, 1.82) is 5.26 Å². The van der Waals surface area contributed by atoms with E-state index in [-0.39, 0.29) is 0 Å². The van der Waals surface area contributed by atoms with Crippen LogP contribution >= 0.6 is 11.3 Å². The third-order valence-electron chi connectivity index (χ3n) is 3.37. The Balaban J connectivity index is 2.19. The Morgan fingerprint density at radius 2 is 2.00 bits per heavy atom. The summed E-state index contributed by atoms with van der Waals surface area (Å²) < 4.78 is 12.4. The molecule has 0 amide bonds. The predicted molar refractivity (Wildman–Crippen MR) is 75.6 cm³/mol. The van der Waals surface area contributed by atoms with Crippen LogP contribution in [0, 0.1) is 11.3 Å². The molecule has 0 atom stereocenters. The predicted octanol–water partition coefficient (Wildman–Crippen LogP) is 0.672. The number of hydrogen-bond acceptors (Lipinski definition) is 6. The van der Waals surface area contributed by atoms with Crippen LogP contribution in [0.1, 0.15) is 18.1 Å². The van der Waals surface area contributed by atoms with Gasteiger partial charge >= 0.3 is 7.12 Å². The summed E-state index contributed by atoms with van der Waals surface area (Å²) in [5.74, 6) is -0.847. The molecule has 1 saturated heterocycles. The van der Waals surface area contributed by atoms with Gasteiger partial charge in [-0.3, -0.25) is 0 Å². The Labute approximate surface area is 120 Å². The van der Waals surface area contributed by atoms with Crippen molar-refractivity contribution in [3.63, 3.8) is 0 Å². The number of ether oxygens (including phenoxy) is 2.